The molecule has 2 saturated carbocycles. The van der Waals surface area contributed by atoms with Gasteiger partial charge in [-0.1, -0.05) is 72.4 Å². The predicted molar refractivity (Wildman–Crippen MR) is 121 cm³/mol. The van der Waals surface area contributed by atoms with E-state index >= 15 is 0 Å². The zero-order chi connectivity index (χ0) is 22.8. The van der Waals surface area contributed by atoms with Crippen molar-refractivity contribution in [2.75, 3.05) is 0 Å². The second kappa shape index (κ2) is 8.99. The van der Waals surface area contributed by atoms with E-state index in [1.807, 2.05) is 60.7 Å². The van der Waals surface area contributed by atoms with Gasteiger partial charge in [0.2, 0.25) is 0 Å². The lowest BCUT2D eigenvalue weighted by atomic mass is 9.91. The van der Waals surface area contributed by atoms with Crippen molar-refractivity contribution in [3.05, 3.63) is 78.1 Å². The number of fused-ring (bicyclic) bond motifs is 1. The number of nitrogens with zero attached hydrogens (tertiary/aromatic N) is 2. The topological polar surface area (TPSA) is 120 Å². The van der Waals surface area contributed by atoms with E-state index in [0.29, 0.717) is 11.6 Å². The zero-order valence-corrected chi connectivity index (χ0v) is 18.6. The molecule has 8 nitrogen and oxygen atoms in total. The average molecular weight is 465 g/mol. The molecule has 5 atom stereocenters. The minimum absolute atomic E-state index is 0.0773. The van der Waals surface area contributed by atoms with E-state index in [-0.39, 0.29) is 36.3 Å². The molecule has 0 saturated heterocycles. The molecular weight excluding hydrogens is 440 g/mol. The molecule has 0 radical (unpaired) electrons. The van der Waals surface area contributed by atoms with E-state index in [1.54, 1.807) is 0 Å². The molecule has 1 aromatic heterocycles. The van der Waals surface area contributed by atoms with Gasteiger partial charge in [-0.05, 0) is 23.5 Å². The van der Waals surface area contributed by atoms with Gasteiger partial charge in [0.15, 0.2) is 5.16 Å². The van der Waals surface area contributed by atoms with Gasteiger partial charge in [0.05, 0.1) is 5.92 Å². The minimum Gasteiger partial charge on any atom is -0.461 e. The van der Waals surface area contributed by atoms with E-state index in [2.05, 4.69) is 15.2 Å². The van der Waals surface area contributed by atoms with Crippen LogP contribution in [0.25, 0.3) is 0 Å². The summed E-state index contributed by atoms with van der Waals surface area (Å²) < 4.78 is 11.2. The van der Waals surface area contributed by atoms with Crippen molar-refractivity contribution < 1.29 is 19.1 Å². The van der Waals surface area contributed by atoms with Gasteiger partial charge in [0.1, 0.15) is 25.1 Å². The Hall–Kier alpha value is -3.17. The fourth-order valence-electron chi connectivity index (χ4n) is 4.79. The lowest BCUT2D eigenvalue weighted by Gasteiger charge is -2.27. The first kappa shape index (κ1) is 21.7. The third-order valence-electron chi connectivity index (χ3n) is 6.38. The molecule has 1 heterocycles. The maximum atomic E-state index is 13.1. The van der Waals surface area contributed by atoms with E-state index in [9.17, 15) is 9.59 Å². The number of H-pyrrole nitrogens is 1. The largest absolute Gasteiger partial charge is 0.461 e. The Kier molecular flexibility index (Phi) is 5.90. The summed E-state index contributed by atoms with van der Waals surface area (Å²) in [7, 11) is 0. The second-order valence-corrected chi connectivity index (χ2v) is 9.70. The zero-order valence-electron chi connectivity index (χ0n) is 17.8. The Labute approximate surface area is 195 Å². The van der Waals surface area contributed by atoms with Gasteiger partial charge < -0.3 is 15.2 Å². The Morgan fingerprint density at radius 3 is 2.27 bits per heavy atom. The van der Waals surface area contributed by atoms with E-state index < -0.39 is 17.4 Å². The quantitative estimate of drug-likeness (QED) is 0.488. The van der Waals surface area contributed by atoms with Gasteiger partial charge in [0, 0.05) is 11.2 Å². The smallest absolute Gasteiger partial charge is 0.326 e. The monoisotopic (exact) mass is 464 g/mol. The number of benzene rings is 2. The summed E-state index contributed by atoms with van der Waals surface area (Å²) in [4.78, 5) is 30.3. The number of carbonyl (C=O) groups is 2. The SMILES string of the molecule is N[C@@]1(C(=O)OCc2ccccc2)C[C@H](Sc2ncn[nH]2)[C@H]2[C@H](C(=O)OCc3ccccc3)[C@H]21. The lowest BCUT2D eigenvalue weighted by molar-refractivity contribution is -0.153. The van der Waals surface area contributed by atoms with Gasteiger partial charge in [-0.2, -0.15) is 5.10 Å². The van der Waals surface area contributed by atoms with Gasteiger partial charge in [0.25, 0.3) is 0 Å². The molecule has 170 valence electrons. The molecule has 5 rings (SSSR count). The number of nitrogens with one attached hydrogen (secondary N) is 1. The van der Waals surface area contributed by atoms with Crippen LogP contribution in [0.1, 0.15) is 17.5 Å². The molecule has 2 fully saturated rings. The molecule has 2 aliphatic rings. The normalized spacial score (nSPS) is 27.5. The first-order valence-electron chi connectivity index (χ1n) is 10.8. The van der Waals surface area contributed by atoms with E-state index in [4.69, 9.17) is 15.2 Å². The molecule has 0 aliphatic heterocycles. The molecule has 0 unspecified atom stereocenters. The molecule has 0 amide bonds. The van der Waals surface area contributed by atoms with E-state index in [1.165, 1.54) is 18.1 Å². The van der Waals surface area contributed by atoms with Crippen molar-refractivity contribution in [3.8, 4) is 0 Å². The van der Waals surface area contributed by atoms with Crippen LogP contribution in [-0.2, 0) is 32.3 Å². The molecule has 3 N–H and O–H groups in total. The Bertz CT molecular complexity index is 1110. The first-order valence-corrected chi connectivity index (χ1v) is 11.7. The third kappa shape index (κ3) is 4.38. The minimum atomic E-state index is -1.26. The Balaban J connectivity index is 1.30. The third-order valence-corrected chi connectivity index (χ3v) is 7.59. The summed E-state index contributed by atoms with van der Waals surface area (Å²) in [5.74, 6) is -1.68. The molecular formula is C24H24N4O4S. The van der Waals surface area contributed by atoms with Crippen molar-refractivity contribution in [1.29, 1.82) is 0 Å². The van der Waals surface area contributed by atoms with Crippen LogP contribution >= 0.6 is 11.8 Å². The highest BCUT2D eigenvalue weighted by Crippen LogP contribution is 2.65. The van der Waals surface area contributed by atoms with Crippen LogP contribution in [0, 0.1) is 17.8 Å². The number of hydrogen-bond acceptors (Lipinski definition) is 8. The summed E-state index contributed by atoms with van der Waals surface area (Å²) in [5.41, 5.74) is 7.20. The molecule has 3 aromatic rings. The highest BCUT2D eigenvalue weighted by molar-refractivity contribution is 7.99. The standard InChI is InChI=1S/C24H24N4O4S/c25-24(22(30)32-13-16-9-5-2-6-10-16)11-17(33-23-26-14-27-28-23)18-19(20(18)24)21(29)31-12-15-7-3-1-4-8-15/h1-10,14,17-20H,11-13,25H2,(H,26,27,28)/t17-,18-,19-,20-,24-/m0/s1. The molecule has 0 spiro atoms. The maximum Gasteiger partial charge on any atom is 0.326 e. The number of carbonyl (C=O) groups excluding carboxylic acids is 2. The number of ether oxygens (including phenoxy) is 2. The van der Waals surface area contributed by atoms with Crippen molar-refractivity contribution in [2.24, 2.45) is 23.5 Å². The van der Waals surface area contributed by atoms with Gasteiger partial charge in [-0.25, -0.2) is 4.98 Å². The number of nitrogens with two attached hydrogens (primary N) is 1. The molecule has 2 aromatic carbocycles. The highest BCUT2D eigenvalue weighted by atomic mass is 32.2. The summed E-state index contributed by atoms with van der Waals surface area (Å²) in [6.07, 6.45) is 1.82. The number of aromatic nitrogens is 3. The van der Waals surface area contributed by atoms with Gasteiger partial charge in [-0.15, -0.1) is 0 Å². The molecule has 33 heavy (non-hydrogen) atoms. The Morgan fingerprint density at radius 2 is 1.67 bits per heavy atom. The van der Waals surface area contributed by atoms with Crippen molar-refractivity contribution in [2.45, 2.75) is 35.6 Å². The number of rotatable bonds is 8. The van der Waals surface area contributed by atoms with Crippen LogP contribution in [0.5, 0.6) is 0 Å². The molecule has 2 aliphatic carbocycles. The number of thioether (sulfide) groups is 1. The average Bonchev–Trinajstić information content (AvgIpc) is 3.27. The molecule has 0 bridgehead atoms. The van der Waals surface area contributed by atoms with Crippen LogP contribution < -0.4 is 5.73 Å². The fraction of sp³-hybridized carbons (Fsp3) is 0.333. The van der Waals surface area contributed by atoms with Crippen molar-refractivity contribution in [3.63, 3.8) is 0 Å². The summed E-state index contributed by atoms with van der Waals surface area (Å²) in [6.45, 7) is 0.324. The fourth-order valence-corrected chi connectivity index (χ4v) is 6.14. The number of aromatic amines is 1. The van der Waals surface area contributed by atoms with Crippen molar-refractivity contribution in [1.82, 2.24) is 15.2 Å². The first-order chi connectivity index (χ1) is 16.1. The summed E-state index contributed by atoms with van der Waals surface area (Å²) in [5, 5.41) is 7.26. The molecule has 9 heteroatoms. The van der Waals surface area contributed by atoms with Crippen LogP contribution in [0.3, 0.4) is 0 Å². The predicted octanol–water partition coefficient (Wildman–Crippen LogP) is 2.72. The van der Waals surface area contributed by atoms with Gasteiger partial charge in [-0.3, -0.25) is 14.7 Å². The number of hydrogen-bond donors (Lipinski definition) is 2. The van der Waals surface area contributed by atoms with Crippen LogP contribution in [0.4, 0.5) is 0 Å². The van der Waals surface area contributed by atoms with Crippen LogP contribution in [-0.4, -0.2) is 37.9 Å². The van der Waals surface area contributed by atoms with Crippen LogP contribution in [0.15, 0.2) is 72.1 Å². The maximum absolute atomic E-state index is 13.1. The van der Waals surface area contributed by atoms with Crippen molar-refractivity contribution >= 4 is 23.7 Å². The highest BCUT2D eigenvalue weighted by Gasteiger charge is 2.74. The van der Waals surface area contributed by atoms with Gasteiger partial charge >= 0.3 is 11.9 Å². The summed E-state index contributed by atoms with van der Waals surface area (Å²) in [6, 6.07) is 18.9. The van der Waals surface area contributed by atoms with Crippen LogP contribution in [0.2, 0.25) is 0 Å². The number of esters is 2. The summed E-state index contributed by atoms with van der Waals surface area (Å²) >= 11 is 1.45. The lowest BCUT2D eigenvalue weighted by Crippen LogP contribution is -2.51. The van der Waals surface area contributed by atoms with E-state index in [0.717, 1.165) is 11.1 Å². The second-order valence-electron chi connectivity index (χ2n) is 8.48. The Morgan fingerprint density at radius 1 is 1.03 bits per heavy atom.